The Hall–Kier alpha value is -1.31. The van der Waals surface area contributed by atoms with Crippen molar-refractivity contribution in [1.29, 1.82) is 0 Å². The molecule has 104 valence electrons. The fourth-order valence-electron chi connectivity index (χ4n) is 1.31. The van der Waals surface area contributed by atoms with Gasteiger partial charge in [0, 0.05) is 17.6 Å². The summed E-state index contributed by atoms with van der Waals surface area (Å²) in [4.78, 5) is 22.0. The van der Waals surface area contributed by atoms with E-state index in [1.807, 2.05) is 0 Å². The SMILES string of the molecule is COc1c(S(=O)(=O)Cl)ccc(Cl)c1C(=O)OC(C)=O. The topological polar surface area (TPSA) is 86.7 Å². The first kappa shape index (κ1) is 15.7. The van der Waals surface area contributed by atoms with E-state index in [0.29, 0.717) is 0 Å². The smallest absolute Gasteiger partial charge is 0.351 e. The van der Waals surface area contributed by atoms with E-state index in [1.165, 1.54) is 0 Å². The van der Waals surface area contributed by atoms with Crippen LogP contribution in [0.15, 0.2) is 17.0 Å². The van der Waals surface area contributed by atoms with Gasteiger partial charge in [0.2, 0.25) is 0 Å². The third-order valence-electron chi connectivity index (χ3n) is 1.98. The Kier molecular flexibility index (Phi) is 4.78. The summed E-state index contributed by atoms with van der Waals surface area (Å²) in [6.45, 7) is 1.01. The maximum Gasteiger partial charge on any atom is 0.351 e. The van der Waals surface area contributed by atoms with Crippen molar-refractivity contribution in [3.05, 3.63) is 22.7 Å². The van der Waals surface area contributed by atoms with Crippen molar-refractivity contribution >= 4 is 43.3 Å². The average molecular weight is 327 g/mol. The molecule has 0 saturated heterocycles. The fraction of sp³-hybridized carbons (Fsp3) is 0.200. The number of halogens is 2. The van der Waals surface area contributed by atoms with Crippen LogP contribution < -0.4 is 4.74 Å². The molecule has 1 aromatic carbocycles. The Balaban J connectivity index is 3.54. The van der Waals surface area contributed by atoms with Gasteiger partial charge < -0.3 is 9.47 Å². The molecule has 0 unspecified atom stereocenters. The number of ether oxygens (including phenoxy) is 2. The zero-order valence-corrected chi connectivity index (χ0v) is 12.1. The van der Waals surface area contributed by atoms with Gasteiger partial charge in [-0.3, -0.25) is 4.79 Å². The van der Waals surface area contributed by atoms with Crippen molar-refractivity contribution in [3.8, 4) is 5.75 Å². The van der Waals surface area contributed by atoms with Crippen LogP contribution in [0.4, 0.5) is 0 Å². The molecule has 19 heavy (non-hydrogen) atoms. The molecular weight excluding hydrogens is 319 g/mol. The molecule has 0 aliphatic heterocycles. The van der Waals surface area contributed by atoms with Gasteiger partial charge in [-0.1, -0.05) is 11.6 Å². The Morgan fingerprint density at radius 1 is 1.26 bits per heavy atom. The number of carbonyl (C=O) groups excluding carboxylic acids is 2. The lowest BCUT2D eigenvalue weighted by Crippen LogP contribution is -2.13. The maximum atomic E-state index is 11.7. The number of benzene rings is 1. The van der Waals surface area contributed by atoms with E-state index in [2.05, 4.69) is 4.74 Å². The highest BCUT2D eigenvalue weighted by molar-refractivity contribution is 8.13. The van der Waals surface area contributed by atoms with Crippen LogP contribution in [0.3, 0.4) is 0 Å². The van der Waals surface area contributed by atoms with Gasteiger partial charge in [-0.2, -0.15) is 0 Å². The van der Waals surface area contributed by atoms with Crippen molar-refractivity contribution in [1.82, 2.24) is 0 Å². The molecule has 0 spiro atoms. The average Bonchev–Trinajstić information content (AvgIpc) is 2.25. The van der Waals surface area contributed by atoms with Crippen molar-refractivity contribution in [3.63, 3.8) is 0 Å². The Labute approximate surface area is 118 Å². The van der Waals surface area contributed by atoms with E-state index in [-0.39, 0.29) is 16.3 Å². The zero-order chi connectivity index (χ0) is 14.8. The second kappa shape index (κ2) is 5.77. The number of hydrogen-bond donors (Lipinski definition) is 0. The van der Waals surface area contributed by atoms with Crippen LogP contribution >= 0.6 is 22.3 Å². The van der Waals surface area contributed by atoms with E-state index in [1.54, 1.807) is 0 Å². The van der Waals surface area contributed by atoms with Crippen LogP contribution in [-0.4, -0.2) is 27.5 Å². The highest BCUT2D eigenvalue weighted by atomic mass is 35.7. The maximum absolute atomic E-state index is 11.7. The number of esters is 2. The van der Waals surface area contributed by atoms with Crippen LogP contribution in [0, 0.1) is 0 Å². The van der Waals surface area contributed by atoms with Crippen molar-refractivity contribution in [2.24, 2.45) is 0 Å². The summed E-state index contributed by atoms with van der Waals surface area (Å²) in [7, 11) is 2.18. The molecule has 0 heterocycles. The predicted molar refractivity (Wildman–Crippen MR) is 67.1 cm³/mol. The quantitative estimate of drug-likeness (QED) is 0.479. The standard InChI is InChI=1S/C10H8Cl2O6S/c1-5(13)18-10(14)8-6(11)3-4-7(9(8)17-2)19(12,15)16/h3-4H,1-2H3. The second-order valence-electron chi connectivity index (χ2n) is 3.27. The number of hydrogen-bond acceptors (Lipinski definition) is 6. The highest BCUT2D eigenvalue weighted by Gasteiger charge is 2.27. The summed E-state index contributed by atoms with van der Waals surface area (Å²) >= 11 is 5.78. The molecule has 9 heteroatoms. The third-order valence-corrected chi connectivity index (χ3v) is 3.64. The molecule has 0 saturated carbocycles. The molecule has 0 fully saturated rings. The van der Waals surface area contributed by atoms with E-state index in [9.17, 15) is 18.0 Å². The molecule has 6 nitrogen and oxygen atoms in total. The third kappa shape index (κ3) is 3.59. The second-order valence-corrected chi connectivity index (χ2v) is 6.21. The van der Waals surface area contributed by atoms with Crippen molar-refractivity contribution in [2.45, 2.75) is 11.8 Å². The van der Waals surface area contributed by atoms with E-state index in [4.69, 9.17) is 27.0 Å². The summed E-state index contributed by atoms with van der Waals surface area (Å²) in [6, 6.07) is 2.21. The lowest BCUT2D eigenvalue weighted by Gasteiger charge is -2.11. The van der Waals surface area contributed by atoms with Crippen molar-refractivity contribution < 1.29 is 27.5 Å². The summed E-state index contributed by atoms with van der Waals surface area (Å²) in [5.74, 6) is -2.38. The minimum absolute atomic E-state index is 0.132. The van der Waals surface area contributed by atoms with Gasteiger partial charge in [0.1, 0.15) is 10.5 Å². The lowest BCUT2D eigenvalue weighted by atomic mass is 10.2. The molecule has 0 N–H and O–H groups in total. The number of carbonyl (C=O) groups is 2. The van der Waals surface area contributed by atoms with Crippen LogP contribution in [0.5, 0.6) is 5.75 Å². The normalized spacial score (nSPS) is 10.9. The van der Waals surface area contributed by atoms with Gasteiger partial charge in [0.15, 0.2) is 5.75 Å². The van der Waals surface area contributed by atoms with Crippen LogP contribution in [-0.2, 0) is 18.6 Å². The first-order chi connectivity index (χ1) is 8.68. The summed E-state index contributed by atoms with van der Waals surface area (Å²) in [5.41, 5.74) is -0.388. The zero-order valence-electron chi connectivity index (χ0n) is 9.77. The predicted octanol–water partition coefficient (Wildman–Crippen LogP) is 1.98. The Morgan fingerprint density at radius 3 is 2.26 bits per heavy atom. The largest absolute Gasteiger partial charge is 0.494 e. The first-order valence-electron chi connectivity index (χ1n) is 4.72. The van der Waals surface area contributed by atoms with Gasteiger partial charge in [-0.25, -0.2) is 13.2 Å². The van der Waals surface area contributed by atoms with Gasteiger partial charge in [0.25, 0.3) is 9.05 Å². The van der Waals surface area contributed by atoms with E-state index < -0.39 is 25.9 Å². The summed E-state index contributed by atoms with van der Waals surface area (Å²) < 4.78 is 31.9. The van der Waals surface area contributed by atoms with Crippen LogP contribution in [0.25, 0.3) is 0 Å². The molecule has 1 aromatic rings. The van der Waals surface area contributed by atoms with Gasteiger partial charge in [0.05, 0.1) is 12.1 Å². The van der Waals surface area contributed by atoms with Gasteiger partial charge in [-0.05, 0) is 12.1 Å². The number of methoxy groups -OCH3 is 1. The molecule has 1 rings (SSSR count). The molecule has 0 aliphatic carbocycles. The van der Waals surface area contributed by atoms with Crippen LogP contribution in [0.2, 0.25) is 5.02 Å². The lowest BCUT2D eigenvalue weighted by molar-refractivity contribution is -0.135. The summed E-state index contributed by atoms with van der Waals surface area (Å²) in [6.07, 6.45) is 0. The molecule has 0 amide bonds. The van der Waals surface area contributed by atoms with Crippen LogP contribution in [0.1, 0.15) is 17.3 Å². The molecule has 0 atom stereocenters. The molecule has 0 bridgehead atoms. The molecule has 0 aliphatic rings. The minimum Gasteiger partial charge on any atom is -0.494 e. The highest BCUT2D eigenvalue weighted by Crippen LogP contribution is 2.35. The monoisotopic (exact) mass is 326 g/mol. The van der Waals surface area contributed by atoms with Gasteiger partial charge >= 0.3 is 11.9 Å². The minimum atomic E-state index is -4.15. The Morgan fingerprint density at radius 2 is 1.84 bits per heavy atom. The van der Waals surface area contributed by atoms with Crippen molar-refractivity contribution in [2.75, 3.05) is 7.11 Å². The summed E-state index contributed by atoms with van der Waals surface area (Å²) in [5, 5.41) is -0.132. The molecule has 0 aromatic heterocycles. The van der Waals surface area contributed by atoms with E-state index in [0.717, 1.165) is 26.2 Å². The molecular formula is C10H8Cl2O6S. The first-order valence-corrected chi connectivity index (χ1v) is 7.41. The van der Waals surface area contributed by atoms with E-state index >= 15 is 0 Å². The molecule has 0 radical (unpaired) electrons. The number of rotatable bonds is 3. The fourth-order valence-corrected chi connectivity index (χ4v) is 2.53. The van der Waals surface area contributed by atoms with Gasteiger partial charge in [-0.15, -0.1) is 0 Å². The Bertz CT molecular complexity index is 638.